The van der Waals surface area contributed by atoms with E-state index in [-0.39, 0.29) is 5.91 Å². The summed E-state index contributed by atoms with van der Waals surface area (Å²) in [4.78, 5) is 12.9. The fourth-order valence-electron chi connectivity index (χ4n) is 3.01. The third-order valence-electron chi connectivity index (χ3n) is 4.39. The van der Waals surface area contributed by atoms with Crippen LogP contribution in [0.1, 0.15) is 21.6 Å². The lowest BCUT2D eigenvalue weighted by molar-refractivity contribution is 0.102. The summed E-state index contributed by atoms with van der Waals surface area (Å²) in [5.74, 6) is 1.59. The maximum absolute atomic E-state index is 12.9. The highest BCUT2D eigenvalue weighted by molar-refractivity contribution is 9.10. The van der Waals surface area contributed by atoms with Gasteiger partial charge >= 0.3 is 0 Å². The third-order valence-corrected chi connectivity index (χ3v) is 6.42. The molecule has 28 heavy (non-hydrogen) atoms. The van der Waals surface area contributed by atoms with Gasteiger partial charge in [0.15, 0.2) is 0 Å². The number of ether oxygens (including phenoxy) is 1. The van der Waals surface area contributed by atoms with Crippen molar-refractivity contribution in [3.8, 4) is 11.4 Å². The second-order valence-electron chi connectivity index (χ2n) is 6.19. The first-order valence-electron chi connectivity index (χ1n) is 8.33. The molecule has 0 spiro atoms. The van der Waals surface area contributed by atoms with E-state index in [1.807, 2.05) is 24.3 Å². The maximum atomic E-state index is 12.9. The molecular formula is C19H15BrClN3O3S. The Morgan fingerprint density at radius 1 is 1.25 bits per heavy atom. The number of rotatable bonds is 4. The van der Waals surface area contributed by atoms with Gasteiger partial charge in [-0.1, -0.05) is 27.5 Å². The third kappa shape index (κ3) is 3.59. The Labute approximate surface area is 177 Å². The van der Waals surface area contributed by atoms with Crippen molar-refractivity contribution in [2.24, 2.45) is 0 Å². The lowest BCUT2D eigenvalue weighted by Gasteiger charge is -2.12. The SMILES string of the molecule is COc1ccc(-n2nc3c(c2NC(=O)c2cc(Br)ccc2Cl)C[S@@](=O)C3)cc1. The van der Waals surface area contributed by atoms with E-state index in [0.717, 1.165) is 27.2 Å². The molecule has 3 aromatic rings. The minimum atomic E-state index is -1.02. The minimum Gasteiger partial charge on any atom is -0.497 e. The summed E-state index contributed by atoms with van der Waals surface area (Å²) in [6, 6.07) is 12.4. The van der Waals surface area contributed by atoms with Gasteiger partial charge in [0.2, 0.25) is 0 Å². The summed E-state index contributed by atoms with van der Waals surface area (Å²) in [5, 5.41) is 7.84. The lowest BCUT2D eigenvalue weighted by atomic mass is 10.2. The van der Waals surface area contributed by atoms with Gasteiger partial charge in [-0.2, -0.15) is 5.10 Å². The van der Waals surface area contributed by atoms with Crippen LogP contribution in [-0.2, 0) is 22.3 Å². The van der Waals surface area contributed by atoms with Crippen molar-refractivity contribution < 1.29 is 13.7 Å². The molecule has 1 aliphatic rings. The second-order valence-corrected chi connectivity index (χ2v) is 8.97. The largest absolute Gasteiger partial charge is 0.497 e. The summed E-state index contributed by atoms with van der Waals surface area (Å²) in [6.45, 7) is 0. The van der Waals surface area contributed by atoms with Crippen molar-refractivity contribution in [1.82, 2.24) is 9.78 Å². The molecule has 2 heterocycles. The van der Waals surface area contributed by atoms with Crippen molar-refractivity contribution in [2.75, 3.05) is 12.4 Å². The minimum absolute atomic E-state index is 0.339. The molecule has 1 amide bonds. The number of hydrogen-bond acceptors (Lipinski definition) is 4. The highest BCUT2D eigenvalue weighted by atomic mass is 79.9. The standard InChI is InChI=1S/C19H15BrClN3O3S/c1-27-13-5-3-12(4-6-13)24-18(15-9-28(26)10-17(15)23-24)22-19(25)14-8-11(20)2-7-16(14)21/h2-8H,9-10H2,1H3,(H,22,25)/t28-/m1/s1. The van der Waals surface area contributed by atoms with Gasteiger partial charge < -0.3 is 10.1 Å². The Kier molecular flexibility index (Phi) is 5.27. The number of fused-ring (bicyclic) bond motifs is 1. The van der Waals surface area contributed by atoms with Crippen molar-refractivity contribution in [3.05, 3.63) is 68.8 Å². The molecule has 2 aromatic carbocycles. The summed E-state index contributed by atoms with van der Waals surface area (Å²) in [5.41, 5.74) is 2.61. The fourth-order valence-corrected chi connectivity index (χ4v) is 4.84. The topological polar surface area (TPSA) is 73.2 Å². The molecule has 1 aliphatic heterocycles. The first kappa shape index (κ1) is 19.2. The van der Waals surface area contributed by atoms with Crippen LogP contribution in [0.5, 0.6) is 5.75 Å². The predicted octanol–water partition coefficient (Wildman–Crippen LogP) is 4.31. The number of methoxy groups -OCH3 is 1. The van der Waals surface area contributed by atoms with Gasteiger partial charge in [0.05, 0.1) is 40.6 Å². The molecule has 0 unspecified atom stereocenters. The summed E-state index contributed by atoms with van der Waals surface area (Å²) in [7, 11) is 0.581. The summed E-state index contributed by atoms with van der Waals surface area (Å²) < 4.78 is 19.6. The van der Waals surface area contributed by atoms with Crippen LogP contribution in [0.15, 0.2) is 46.9 Å². The molecule has 0 saturated carbocycles. The van der Waals surface area contributed by atoms with Crippen LogP contribution in [0.3, 0.4) is 0 Å². The zero-order valence-electron chi connectivity index (χ0n) is 14.7. The number of benzene rings is 2. The Morgan fingerprint density at radius 3 is 2.71 bits per heavy atom. The van der Waals surface area contributed by atoms with Gasteiger partial charge in [-0.25, -0.2) is 4.68 Å². The molecule has 0 fully saturated rings. The lowest BCUT2D eigenvalue weighted by Crippen LogP contribution is -2.17. The van der Waals surface area contributed by atoms with Crippen LogP contribution < -0.4 is 10.1 Å². The quantitative estimate of drug-likeness (QED) is 0.604. The van der Waals surface area contributed by atoms with E-state index in [1.54, 1.807) is 30.0 Å². The number of amides is 1. The Bertz CT molecular complexity index is 1100. The Morgan fingerprint density at radius 2 is 2.00 bits per heavy atom. The monoisotopic (exact) mass is 479 g/mol. The number of nitrogens with zero attached hydrogens (tertiary/aromatic N) is 2. The van der Waals surface area contributed by atoms with E-state index in [1.165, 1.54) is 0 Å². The van der Waals surface area contributed by atoms with Crippen LogP contribution >= 0.6 is 27.5 Å². The van der Waals surface area contributed by atoms with Crippen molar-refractivity contribution in [3.63, 3.8) is 0 Å². The van der Waals surface area contributed by atoms with Gasteiger partial charge in [-0.3, -0.25) is 9.00 Å². The number of carbonyl (C=O) groups is 1. The number of aromatic nitrogens is 2. The maximum Gasteiger partial charge on any atom is 0.258 e. The van der Waals surface area contributed by atoms with Gasteiger partial charge in [0.25, 0.3) is 5.91 Å². The number of anilines is 1. The molecule has 0 saturated heterocycles. The van der Waals surface area contributed by atoms with Crippen LogP contribution in [0.2, 0.25) is 5.02 Å². The summed E-state index contributed by atoms with van der Waals surface area (Å²) in [6.07, 6.45) is 0. The van der Waals surface area contributed by atoms with Gasteiger partial charge in [-0.15, -0.1) is 0 Å². The Balaban J connectivity index is 1.75. The summed E-state index contributed by atoms with van der Waals surface area (Å²) >= 11 is 9.55. The van der Waals surface area contributed by atoms with Gasteiger partial charge in [0, 0.05) is 20.8 Å². The average Bonchev–Trinajstić information content (AvgIpc) is 3.20. The first-order chi connectivity index (χ1) is 13.5. The smallest absolute Gasteiger partial charge is 0.258 e. The van der Waals surface area contributed by atoms with E-state index in [9.17, 15) is 9.00 Å². The van der Waals surface area contributed by atoms with E-state index in [4.69, 9.17) is 16.3 Å². The first-order valence-corrected chi connectivity index (χ1v) is 11.0. The zero-order chi connectivity index (χ0) is 19.8. The highest BCUT2D eigenvalue weighted by Crippen LogP contribution is 2.32. The van der Waals surface area contributed by atoms with Crippen LogP contribution in [-0.4, -0.2) is 27.0 Å². The molecule has 144 valence electrons. The molecule has 0 radical (unpaired) electrons. The van der Waals surface area contributed by atoms with Gasteiger partial charge in [-0.05, 0) is 42.5 Å². The number of halogens is 2. The average molecular weight is 481 g/mol. The van der Waals surface area contributed by atoms with Crippen LogP contribution in [0.25, 0.3) is 5.69 Å². The highest BCUT2D eigenvalue weighted by Gasteiger charge is 2.28. The molecular weight excluding hydrogens is 466 g/mol. The Hall–Kier alpha value is -2.16. The van der Waals surface area contributed by atoms with Crippen molar-refractivity contribution in [2.45, 2.75) is 11.5 Å². The molecule has 0 bridgehead atoms. The van der Waals surface area contributed by atoms with Crippen LogP contribution in [0, 0.1) is 0 Å². The molecule has 1 atom stereocenters. The van der Waals surface area contributed by atoms with Crippen LogP contribution in [0.4, 0.5) is 5.82 Å². The van der Waals surface area contributed by atoms with E-state index >= 15 is 0 Å². The fraction of sp³-hybridized carbons (Fsp3) is 0.158. The van der Waals surface area contributed by atoms with E-state index in [0.29, 0.717) is 27.9 Å². The molecule has 0 aliphatic carbocycles. The van der Waals surface area contributed by atoms with E-state index in [2.05, 4.69) is 26.3 Å². The molecule has 1 aromatic heterocycles. The number of nitrogens with one attached hydrogen (secondary N) is 1. The molecule has 9 heteroatoms. The normalized spacial score (nSPS) is 15.3. The van der Waals surface area contributed by atoms with Gasteiger partial charge in [0.1, 0.15) is 11.6 Å². The van der Waals surface area contributed by atoms with Crippen molar-refractivity contribution >= 4 is 50.1 Å². The number of hydrogen-bond donors (Lipinski definition) is 1. The molecule has 4 rings (SSSR count). The van der Waals surface area contributed by atoms with Crippen molar-refractivity contribution in [1.29, 1.82) is 0 Å². The zero-order valence-corrected chi connectivity index (χ0v) is 17.9. The molecule has 6 nitrogen and oxygen atoms in total. The van der Waals surface area contributed by atoms with E-state index < -0.39 is 10.8 Å². The predicted molar refractivity (Wildman–Crippen MR) is 113 cm³/mol. The second kappa shape index (κ2) is 7.69. The molecule has 1 N–H and O–H groups in total. The number of carbonyl (C=O) groups excluding carboxylic acids is 1.